The number of nitrogen functional groups attached to an aromatic ring is 1. The van der Waals surface area contributed by atoms with Crippen LogP contribution in [-0.2, 0) is 0 Å². The minimum Gasteiger partial charge on any atom is -0.495 e. The van der Waals surface area contributed by atoms with Gasteiger partial charge in [-0.05, 0) is 31.0 Å². The zero-order valence-corrected chi connectivity index (χ0v) is 12.9. The molecule has 116 valence electrons. The molecule has 0 unspecified atom stereocenters. The Morgan fingerprint density at radius 3 is 2.52 bits per heavy atom. The van der Waals surface area contributed by atoms with Gasteiger partial charge in [-0.15, -0.1) is 0 Å². The molecule has 0 spiro atoms. The summed E-state index contributed by atoms with van der Waals surface area (Å²) in [6.07, 6.45) is 8.89. The van der Waals surface area contributed by atoms with Gasteiger partial charge in [0.25, 0.3) is 0 Å². The molecule has 1 fully saturated rings. The highest BCUT2D eigenvalue weighted by Crippen LogP contribution is 2.22. The van der Waals surface area contributed by atoms with Gasteiger partial charge in [0.05, 0.1) is 19.3 Å². The minimum atomic E-state index is 0.0893. The van der Waals surface area contributed by atoms with Gasteiger partial charge in [0.2, 0.25) is 0 Å². The van der Waals surface area contributed by atoms with Crippen molar-refractivity contribution in [3.63, 3.8) is 0 Å². The van der Waals surface area contributed by atoms with Crippen LogP contribution in [0.4, 0.5) is 5.69 Å². The minimum absolute atomic E-state index is 0.0893. The zero-order valence-electron chi connectivity index (χ0n) is 12.9. The number of carbonyl (C=O) groups is 1. The second-order valence-electron chi connectivity index (χ2n) is 5.80. The van der Waals surface area contributed by atoms with Crippen molar-refractivity contribution < 1.29 is 9.53 Å². The summed E-state index contributed by atoms with van der Waals surface area (Å²) in [5.41, 5.74) is 7.00. The predicted octanol–water partition coefficient (Wildman–Crippen LogP) is 3.16. The van der Waals surface area contributed by atoms with Gasteiger partial charge in [0.15, 0.2) is 5.78 Å². The molecule has 1 aromatic carbocycles. The summed E-state index contributed by atoms with van der Waals surface area (Å²) in [4.78, 5) is 12.2. The maximum atomic E-state index is 12.2. The van der Waals surface area contributed by atoms with E-state index >= 15 is 0 Å². The average Bonchev–Trinajstić information content (AvgIpc) is 2.45. The van der Waals surface area contributed by atoms with Gasteiger partial charge in [-0.1, -0.05) is 32.1 Å². The standard InChI is InChI=1S/C17H26N2O2/c1-21-17-10-9-13(11-15(17)18)16(20)12-19-14-7-5-3-2-4-6-8-14/h9-11,14,19H,2-8,12,18H2,1H3. The molecule has 0 aliphatic heterocycles. The SMILES string of the molecule is COc1ccc(C(=O)CNC2CCCCCCC2)cc1N. The monoisotopic (exact) mass is 290 g/mol. The van der Waals surface area contributed by atoms with Crippen LogP contribution in [0.1, 0.15) is 55.3 Å². The first-order chi connectivity index (χ1) is 10.2. The van der Waals surface area contributed by atoms with Gasteiger partial charge >= 0.3 is 0 Å². The molecule has 1 saturated carbocycles. The van der Waals surface area contributed by atoms with Gasteiger partial charge < -0.3 is 15.8 Å². The number of methoxy groups -OCH3 is 1. The van der Waals surface area contributed by atoms with E-state index < -0.39 is 0 Å². The first-order valence-electron chi connectivity index (χ1n) is 7.91. The van der Waals surface area contributed by atoms with Crippen molar-refractivity contribution in [2.75, 3.05) is 19.4 Å². The Bertz CT molecular complexity index is 466. The van der Waals surface area contributed by atoms with Gasteiger partial charge in [0.1, 0.15) is 5.75 Å². The summed E-state index contributed by atoms with van der Waals surface area (Å²) < 4.78 is 5.11. The zero-order chi connectivity index (χ0) is 15.1. The molecule has 0 amide bonds. The van der Waals surface area contributed by atoms with Crippen molar-refractivity contribution in [1.82, 2.24) is 5.32 Å². The number of hydrogen-bond donors (Lipinski definition) is 2. The summed E-state index contributed by atoms with van der Waals surface area (Å²) >= 11 is 0. The van der Waals surface area contributed by atoms with E-state index in [1.54, 1.807) is 25.3 Å². The summed E-state index contributed by atoms with van der Waals surface area (Å²) in [7, 11) is 1.57. The van der Waals surface area contributed by atoms with Crippen LogP contribution in [-0.4, -0.2) is 25.5 Å². The van der Waals surface area contributed by atoms with Crippen molar-refractivity contribution >= 4 is 11.5 Å². The van der Waals surface area contributed by atoms with Crippen molar-refractivity contribution in [3.8, 4) is 5.75 Å². The Morgan fingerprint density at radius 1 is 1.24 bits per heavy atom. The normalized spacial score (nSPS) is 17.0. The van der Waals surface area contributed by atoms with Crippen molar-refractivity contribution in [3.05, 3.63) is 23.8 Å². The van der Waals surface area contributed by atoms with E-state index in [-0.39, 0.29) is 5.78 Å². The molecule has 0 bridgehead atoms. The number of Topliss-reactive ketones (excluding diaryl/α,β-unsaturated/α-hetero) is 1. The van der Waals surface area contributed by atoms with E-state index in [0.717, 1.165) is 0 Å². The lowest BCUT2D eigenvalue weighted by molar-refractivity contribution is 0.0985. The average molecular weight is 290 g/mol. The summed E-state index contributed by atoms with van der Waals surface area (Å²) in [5.74, 6) is 0.700. The molecule has 0 atom stereocenters. The molecule has 4 heteroatoms. The van der Waals surface area contributed by atoms with Crippen LogP contribution >= 0.6 is 0 Å². The number of hydrogen-bond acceptors (Lipinski definition) is 4. The maximum Gasteiger partial charge on any atom is 0.176 e. The van der Waals surface area contributed by atoms with Crippen molar-refractivity contribution in [2.24, 2.45) is 0 Å². The smallest absolute Gasteiger partial charge is 0.176 e. The molecule has 1 aliphatic carbocycles. The second kappa shape index (κ2) is 8.03. The van der Waals surface area contributed by atoms with E-state index in [0.29, 0.717) is 29.6 Å². The molecule has 0 saturated heterocycles. The lowest BCUT2D eigenvalue weighted by Gasteiger charge is -2.20. The van der Waals surface area contributed by atoms with Gasteiger partial charge in [-0.3, -0.25) is 4.79 Å². The Hall–Kier alpha value is -1.55. The molecule has 2 rings (SSSR count). The third kappa shape index (κ3) is 4.74. The van der Waals surface area contributed by atoms with E-state index in [9.17, 15) is 4.79 Å². The number of benzene rings is 1. The third-order valence-electron chi connectivity index (χ3n) is 4.21. The van der Waals surface area contributed by atoms with Crippen molar-refractivity contribution in [2.45, 2.75) is 51.0 Å². The number of nitrogens with one attached hydrogen (secondary N) is 1. The van der Waals surface area contributed by atoms with Gasteiger partial charge in [0, 0.05) is 11.6 Å². The van der Waals surface area contributed by atoms with E-state index in [1.807, 2.05) is 0 Å². The highest BCUT2D eigenvalue weighted by Gasteiger charge is 2.14. The van der Waals surface area contributed by atoms with Crippen LogP contribution in [0, 0.1) is 0 Å². The van der Waals surface area contributed by atoms with Crippen LogP contribution in [0.5, 0.6) is 5.75 Å². The quantitative estimate of drug-likeness (QED) is 0.646. The number of ketones is 1. The largest absolute Gasteiger partial charge is 0.495 e. The molecule has 21 heavy (non-hydrogen) atoms. The molecular formula is C17H26N2O2. The Kier molecular flexibility index (Phi) is 6.05. The van der Waals surface area contributed by atoms with Crippen LogP contribution in [0.2, 0.25) is 0 Å². The molecule has 1 aromatic rings. The number of nitrogens with two attached hydrogens (primary N) is 1. The molecule has 0 radical (unpaired) electrons. The van der Waals surface area contributed by atoms with Crippen LogP contribution < -0.4 is 15.8 Å². The fraction of sp³-hybridized carbons (Fsp3) is 0.588. The topological polar surface area (TPSA) is 64.3 Å². The fourth-order valence-corrected chi connectivity index (χ4v) is 2.91. The Balaban J connectivity index is 1.87. The molecule has 0 heterocycles. The number of ether oxygens (including phenoxy) is 1. The van der Waals surface area contributed by atoms with Crippen molar-refractivity contribution in [1.29, 1.82) is 0 Å². The number of carbonyl (C=O) groups excluding carboxylic acids is 1. The number of anilines is 1. The first-order valence-corrected chi connectivity index (χ1v) is 7.91. The first kappa shape index (κ1) is 15.8. The molecule has 0 aromatic heterocycles. The van der Waals surface area contributed by atoms with Crippen LogP contribution in [0.15, 0.2) is 18.2 Å². The summed E-state index contributed by atoms with van der Waals surface area (Å²) in [6, 6.07) is 5.70. The Labute approximate surface area is 127 Å². The molecule has 4 nitrogen and oxygen atoms in total. The Morgan fingerprint density at radius 2 is 1.90 bits per heavy atom. The van der Waals surface area contributed by atoms with Crippen LogP contribution in [0.25, 0.3) is 0 Å². The number of rotatable bonds is 5. The fourth-order valence-electron chi connectivity index (χ4n) is 2.91. The predicted molar refractivity (Wildman–Crippen MR) is 85.8 cm³/mol. The lowest BCUT2D eigenvalue weighted by Crippen LogP contribution is -2.34. The molecule has 1 aliphatic rings. The lowest BCUT2D eigenvalue weighted by atomic mass is 9.96. The third-order valence-corrected chi connectivity index (χ3v) is 4.21. The highest BCUT2D eigenvalue weighted by atomic mass is 16.5. The maximum absolute atomic E-state index is 12.2. The molecular weight excluding hydrogens is 264 g/mol. The van der Waals surface area contributed by atoms with E-state index in [4.69, 9.17) is 10.5 Å². The van der Waals surface area contributed by atoms with Gasteiger partial charge in [-0.25, -0.2) is 0 Å². The molecule has 3 N–H and O–H groups in total. The highest BCUT2D eigenvalue weighted by molar-refractivity contribution is 5.98. The summed E-state index contributed by atoms with van der Waals surface area (Å²) in [5, 5.41) is 3.41. The van der Waals surface area contributed by atoms with Crippen LogP contribution in [0.3, 0.4) is 0 Å². The summed E-state index contributed by atoms with van der Waals surface area (Å²) in [6.45, 7) is 0.385. The second-order valence-corrected chi connectivity index (χ2v) is 5.80. The van der Waals surface area contributed by atoms with Gasteiger partial charge in [-0.2, -0.15) is 0 Å². The van der Waals surface area contributed by atoms with E-state index in [1.165, 1.54) is 44.9 Å². The van der Waals surface area contributed by atoms with E-state index in [2.05, 4.69) is 5.32 Å².